The Morgan fingerprint density at radius 3 is 2.62 bits per heavy atom. The van der Waals surface area contributed by atoms with Crippen molar-refractivity contribution in [1.29, 1.82) is 0 Å². The lowest BCUT2D eigenvalue weighted by atomic mass is 10.1. The van der Waals surface area contributed by atoms with Crippen molar-refractivity contribution in [2.75, 3.05) is 5.32 Å². The summed E-state index contributed by atoms with van der Waals surface area (Å²) in [6.07, 6.45) is 2.81. The van der Waals surface area contributed by atoms with Crippen LogP contribution in [0.3, 0.4) is 0 Å². The quantitative estimate of drug-likeness (QED) is 0.468. The maximum Gasteiger partial charge on any atom is 0.270 e. The fourth-order valence-electron chi connectivity index (χ4n) is 2.50. The topological polar surface area (TPSA) is 137 Å². The van der Waals surface area contributed by atoms with E-state index in [-0.39, 0.29) is 23.4 Å². The highest BCUT2D eigenvalue weighted by Gasteiger charge is 2.12. The van der Waals surface area contributed by atoms with Crippen LogP contribution in [-0.4, -0.2) is 21.7 Å². The fourth-order valence-corrected chi connectivity index (χ4v) is 2.50. The number of pyridine rings is 1. The van der Waals surface area contributed by atoms with Crippen molar-refractivity contribution in [3.8, 4) is 5.75 Å². The highest BCUT2D eigenvalue weighted by Crippen LogP contribution is 2.18. The van der Waals surface area contributed by atoms with Gasteiger partial charge < -0.3 is 15.8 Å². The van der Waals surface area contributed by atoms with E-state index in [0.717, 1.165) is 5.56 Å². The van der Waals surface area contributed by atoms with Gasteiger partial charge in [-0.25, -0.2) is 0 Å². The minimum Gasteiger partial charge on any atom is -0.487 e. The van der Waals surface area contributed by atoms with E-state index in [1.54, 1.807) is 24.3 Å². The number of benzene rings is 2. The van der Waals surface area contributed by atoms with Crippen LogP contribution in [0.25, 0.3) is 0 Å². The molecule has 3 rings (SSSR count). The summed E-state index contributed by atoms with van der Waals surface area (Å²) >= 11 is 0. The van der Waals surface area contributed by atoms with Crippen LogP contribution in [0.2, 0.25) is 0 Å². The van der Waals surface area contributed by atoms with Gasteiger partial charge in [-0.15, -0.1) is 0 Å². The first-order chi connectivity index (χ1) is 13.9. The Hall–Kier alpha value is -4.27. The molecule has 146 valence electrons. The molecule has 0 bridgehead atoms. The first kappa shape index (κ1) is 19.5. The molecule has 9 nitrogen and oxygen atoms in total. The molecule has 0 unspecified atom stereocenters. The van der Waals surface area contributed by atoms with Crippen LogP contribution >= 0.6 is 0 Å². The number of primary amides is 1. The second kappa shape index (κ2) is 8.61. The second-order valence-electron chi connectivity index (χ2n) is 6.02. The number of aromatic nitrogens is 1. The number of carbonyl (C=O) groups is 2. The molecule has 29 heavy (non-hydrogen) atoms. The lowest BCUT2D eigenvalue weighted by Crippen LogP contribution is -2.12. The molecule has 3 aromatic rings. The van der Waals surface area contributed by atoms with Gasteiger partial charge in [0.2, 0.25) is 5.91 Å². The van der Waals surface area contributed by atoms with Crippen LogP contribution in [-0.2, 0) is 6.61 Å². The SMILES string of the molecule is NC(=O)c1cncc(OCc2cccc(NC(=O)c3cccc([N+](=O)[O-])c3)c2)c1. The Balaban J connectivity index is 1.67. The summed E-state index contributed by atoms with van der Waals surface area (Å²) in [5, 5.41) is 13.6. The first-order valence-electron chi connectivity index (χ1n) is 8.45. The summed E-state index contributed by atoms with van der Waals surface area (Å²) in [6, 6.07) is 13.9. The number of nitrogens with one attached hydrogen (secondary N) is 1. The van der Waals surface area contributed by atoms with Crippen molar-refractivity contribution in [2.24, 2.45) is 5.73 Å². The molecule has 0 saturated carbocycles. The Morgan fingerprint density at radius 2 is 1.86 bits per heavy atom. The molecule has 0 aliphatic rings. The third-order valence-electron chi connectivity index (χ3n) is 3.91. The van der Waals surface area contributed by atoms with Crippen molar-refractivity contribution >= 4 is 23.2 Å². The number of nitro benzene ring substituents is 1. The smallest absolute Gasteiger partial charge is 0.270 e. The van der Waals surface area contributed by atoms with E-state index in [4.69, 9.17) is 10.5 Å². The van der Waals surface area contributed by atoms with Crippen molar-refractivity contribution in [3.05, 3.63) is 93.8 Å². The number of carbonyl (C=O) groups excluding carboxylic acids is 2. The molecule has 0 saturated heterocycles. The number of ether oxygens (including phenoxy) is 1. The zero-order valence-corrected chi connectivity index (χ0v) is 15.1. The Bertz CT molecular complexity index is 1080. The van der Waals surface area contributed by atoms with Gasteiger partial charge in [0.05, 0.1) is 16.7 Å². The van der Waals surface area contributed by atoms with E-state index in [2.05, 4.69) is 10.3 Å². The number of anilines is 1. The number of non-ortho nitro benzene ring substituents is 1. The zero-order valence-electron chi connectivity index (χ0n) is 15.1. The van der Waals surface area contributed by atoms with Gasteiger partial charge in [0, 0.05) is 29.6 Å². The van der Waals surface area contributed by atoms with Gasteiger partial charge in [-0.2, -0.15) is 0 Å². The molecule has 9 heteroatoms. The average Bonchev–Trinajstić information content (AvgIpc) is 2.73. The van der Waals surface area contributed by atoms with Crippen LogP contribution in [0.5, 0.6) is 5.75 Å². The molecule has 0 radical (unpaired) electrons. The first-order valence-corrected chi connectivity index (χ1v) is 8.45. The van der Waals surface area contributed by atoms with Crippen LogP contribution in [0.4, 0.5) is 11.4 Å². The summed E-state index contributed by atoms with van der Waals surface area (Å²) in [4.78, 5) is 37.8. The molecule has 1 heterocycles. The number of hydrogen-bond donors (Lipinski definition) is 2. The largest absolute Gasteiger partial charge is 0.487 e. The van der Waals surface area contributed by atoms with Crippen LogP contribution in [0.15, 0.2) is 67.0 Å². The van der Waals surface area contributed by atoms with Gasteiger partial charge in [-0.05, 0) is 29.8 Å². The van der Waals surface area contributed by atoms with Gasteiger partial charge in [0.15, 0.2) is 0 Å². The minimum absolute atomic E-state index is 0.161. The number of hydrogen-bond acceptors (Lipinski definition) is 6. The van der Waals surface area contributed by atoms with Crippen molar-refractivity contribution in [1.82, 2.24) is 4.98 Å². The zero-order chi connectivity index (χ0) is 20.8. The summed E-state index contributed by atoms with van der Waals surface area (Å²) < 4.78 is 5.61. The van der Waals surface area contributed by atoms with Gasteiger partial charge >= 0.3 is 0 Å². The standard InChI is InChI=1S/C20H16N4O5/c21-19(25)15-9-18(11-22-10-15)29-12-13-3-1-5-16(7-13)23-20(26)14-4-2-6-17(8-14)24(27)28/h1-11H,12H2,(H2,21,25)(H,23,26). The Morgan fingerprint density at radius 1 is 1.07 bits per heavy atom. The third kappa shape index (κ3) is 5.13. The molecular formula is C20H16N4O5. The molecule has 0 atom stereocenters. The molecule has 0 spiro atoms. The van der Waals surface area contributed by atoms with Crippen LogP contribution < -0.4 is 15.8 Å². The second-order valence-corrected chi connectivity index (χ2v) is 6.02. The van der Waals surface area contributed by atoms with Gasteiger partial charge in [0.25, 0.3) is 11.6 Å². The summed E-state index contributed by atoms with van der Waals surface area (Å²) in [5.74, 6) is -0.689. The molecule has 3 N–H and O–H groups in total. The van der Waals surface area contributed by atoms with Crippen LogP contribution in [0.1, 0.15) is 26.3 Å². The van der Waals surface area contributed by atoms with Crippen molar-refractivity contribution in [3.63, 3.8) is 0 Å². The van der Waals surface area contributed by atoms with Crippen molar-refractivity contribution in [2.45, 2.75) is 6.61 Å². The number of nitrogens with two attached hydrogens (primary N) is 1. The lowest BCUT2D eigenvalue weighted by molar-refractivity contribution is -0.384. The number of nitrogens with zero attached hydrogens (tertiary/aromatic N) is 2. The highest BCUT2D eigenvalue weighted by atomic mass is 16.6. The molecule has 1 aromatic heterocycles. The Kier molecular flexibility index (Phi) is 5.79. The van der Waals surface area contributed by atoms with E-state index in [1.165, 1.54) is 42.7 Å². The predicted octanol–water partition coefficient (Wildman–Crippen LogP) is 2.92. The third-order valence-corrected chi connectivity index (χ3v) is 3.91. The lowest BCUT2D eigenvalue weighted by Gasteiger charge is -2.09. The van der Waals surface area contributed by atoms with E-state index in [0.29, 0.717) is 11.4 Å². The molecular weight excluding hydrogens is 376 g/mol. The van der Waals surface area contributed by atoms with Gasteiger partial charge in [0.1, 0.15) is 12.4 Å². The summed E-state index contributed by atoms with van der Waals surface area (Å²) in [7, 11) is 0. The monoisotopic (exact) mass is 392 g/mol. The maximum absolute atomic E-state index is 12.4. The van der Waals surface area contributed by atoms with Gasteiger partial charge in [-0.1, -0.05) is 18.2 Å². The fraction of sp³-hybridized carbons (Fsp3) is 0.0500. The minimum atomic E-state index is -0.603. The Labute approximate surface area is 165 Å². The molecule has 2 aromatic carbocycles. The number of amides is 2. The maximum atomic E-state index is 12.4. The predicted molar refractivity (Wildman–Crippen MR) is 105 cm³/mol. The number of rotatable bonds is 7. The molecule has 0 aliphatic heterocycles. The van der Waals surface area contributed by atoms with Crippen LogP contribution in [0, 0.1) is 10.1 Å². The summed E-state index contributed by atoms with van der Waals surface area (Å²) in [5.41, 5.74) is 6.73. The van der Waals surface area contributed by atoms with E-state index in [1.807, 2.05) is 0 Å². The average molecular weight is 392 g/mol. The van der Waals surface area contributed by atoms with Gasteiger partial charge in [-0.3, -0.25) is 24.7 Å². The van der Waals surface area contributed by atoms with E-state index in [9.17, 15) is 19.7 Å². The summed E-state index contributed by atoms with van der Waals surface area (Å²) in [6.45, 7) is 0.171. The van der Waals surface area contributed by atoms with Crippen molar-refractivity contribution < 1.29 is 19.2 Å². The number of nitro groups is 1. The van der Waals surface area contributed by atoms with E-state index < -0.39 is 16.7 Å². The normalized spacial score (nSPS) is 10.2. The highest BCUT2D eigenvalue weighted by molar-refractivity contribution is 6.04. The molecule has 2 amide bonds. The van der Waals surface area contributed by atoms with E-state index >= 15 is 0 Å². The molecule has 0 fully saturated rings. The molecule has 0 aliphatic carbocycles.